The molecule has 51 heavy (non-hydrogen) atoms. The van der Waals surface area contributed by atoms with Crippen LogP contribution in [0.2, 0.25) is 5.02 Å². The van der Waals surface area contributed by atoms with Crippen molar-refractivity contribution in [2.75, 3.05) is 30.9 Å². The average Bonchev–Trinajstić information content (AvgIpc) is 4.03. The van der Waals surface area contributed by atoms with Crippen LogP contribution in [0.15, 0.2) is 48.5 Å². The van der Waals surface area contributed by atoms with E-state index in [-0.39, 0.29) is 48.8 Å². The van der Waals surface area contributed by atoms with E-state index < -0.39 is 53.9 Å². The fourth-order valence-corrected chi connectivity index (χ4v) is 5.29. The van der Waals surface area contributed by atoms with Crippen molar-refractivity contribution < 1.29 is 41.8 Å². The van der Waals surface area contributed by atoms with Gasteiger partial charge in [-0.05, 0) is 80.0 Å². The van der Waals surface area contributed by atoms with Crippen LogP contribution in [0.5, 0.6) is 6.01 Å². The number of hydrogen-bond acceptors (Lipinski definition) is 12. The molecule has 5 rings (SSSR count). The Morgan fingerprint density at radius 2 is 1.67 bits per heavy atom. The molecule has 2 atom stereocenters. The van der Waals surface area contributed by atoms with E-state index in [1.54, 1.807) is 12.1 Å². The Kier molecular flexibility index (Phi) is 11.6. The first-order valence-corrected chi connectivity index (χ1v) is 16.4. The summed E-state index contributed by atoms with van der Waals surface area (Å²) >= 11 is 6.02. The first-order chi connectivity index (χ1) is 24.2. The van der Waals surface area contributed by atoms with Crippen LogP contribution in [-0.2, 0) is 24.7 Å². The van der Waals surface area contributed by atoms with Crippen LogP contribution in [0.25, 0.3) is 0 Å². The molecule has 0 radical (unpaired) electrons. The molecule has 272 valence electrons. The number of ketones is 1. The van der Waals surface area contributed by atoms with Gasteiger partial charge in [0.05, 0.1) is 12.6 Å². The Morgan fingerprint density at radius 3 is 2.27 bits per heavy atom. The number of alkyl halides is 3. The molecule has 0 saturated heterocycles. The number of methoxy groups -OCH3 is 1. The number of halogens is 4. The maximum atomic E-state index is 13.0. The van der Waals surface area contributed by atoms with E-state index in [9.17, 15) is 32.3 Å². The molecule has 18 heteroatoms. The van der Waals surface area contributed by atoms with Gasteiger partial charge in [-0.2, -0.15) is 28.1 Å². The van der Waals surface area contributed by atoms with Gasteiger partial charge in [-0.3, -0.25) is 14.4 Å². The Balaban J connectivity index is 1.21. The van der Waals surface area contributed by atoms with Crippen molar-refractivity contribution in [3.05, 3.63) is 64.7 Å². The molecule has 2 aliphatic rings. The predicted molar refractivity (Wildman–Crippen MR) is 178 cm³/mol. The third-order valence-corrected chi connectivity index (χ3v) is 8.54. The van der Waals surface area contributed by atoms with Gasteiger partial charge < -0.3 is 36.5 Å². The van der Waals surface area contributed by atoms with Crippen LogP contribution in [-0.4, -0.2) is 77.0 Å². The number of hydrogen-bond donors (Lipinski definition) is 5. The van der Waals surface area contributed by atoms with Gasteiger partial charge in [0, 0.05) is 35.3 Å². The van der Waals surface area contributed by atoms with E-state index >= 15 is 0 Å². The predicted octanol–water partition coefficient (Wildman–Crippen LogP) is 3.79. The summed E-state index contributed by atoms with van der Waals surface area (Å²) < 4.78 is 48.4. The van der Waals surface area contributed by atoms with Crippen molar-refractivity contribution in [2.24, 2.45) is 11.7 Å². The van der Waals surface area contributed by atoms with Crippen molar-refractivity contribution in [3.63, 3.8) is 0 Å². The zero-order valence-electron chi connectivity index (χ0n) is 27.4. The minimum atomic E-state index is -4.63. The third kappa shape index (κ3) is 10.7. The molecule has 14 nitrogen and oxygen atoms in total. The lowest BCUT2D eigenvalue weighted by molar-refractivity contribution is -0.154. The molecule has 1 aromatic heterocycles. The highest BCUT2D eigenvalue weighted by Crippen LogP contribution is 2.48. The summed E-state index contributed by atoms with van der Waals surface area (Å²) in [7, 11) is 1.15. The monoisotopic (exact) mass is 732 g/mol. The highest BCUT2D eigenvalue weighted by Gasteiger charge is 2.45. The van der Waals surface area contributed by atoms with E-state index in [2.05, 4.69) is 36.2 Å². The molecule has 0 bridgehead atoms. The van der Waals surface area contributed by atoms with E-state index in [1.807, 2.05) is 12.1 Å². The lowest BCUT2D eigenvalue weighted by Crippen LogP contribution is -2.44. The zero-order valence-corrected chi connectivity index (χ0v) is 28.1. The number of Topliss-reactive ketones (excluding diaryl/α,β-unsaturated/α-hetero) is 1. The normalized spacial score (nSPS) is 15.9. The molecular formula is C33H36ClF3N8O6. The summed E-state index contributed by atoms with van der Waals surface area (Å²) in [5.74, 6) is -2.77. The number of amides is 2. The fraction of sp³-hybridized carbons (Fsp3) is 0.424. The molecule has 0 spiro atoms. The standard InChI is InChI=1S/C33H36ClF3N8O6/c1-50-28(49)24(12-15-39-27(48)25(46)16-23(38)18-2-3-18)41-26(47)19-4-10-22(11-5-19)40-29-42-30(44-31(43-29)51-17-33(35,36)37)45-32(13-14-32)20-6-8-21(34)9-7-20/h4-11,18,23-24H,2-3,12-17,38H2,1H3,(H,39,48)(H,41,47)(H2,40,42,43,44,45)/t23-,24+/m1/s1. The quantitative estimate of drug-likeness (QED) is 0.0996. The van der Waals surface area contributed by atoms with Crippen LogP contribution < -0.4 is 31.7 Å². The average molecular weight is 733 g/mol. The minimum Gasteiger partial charge on any atom is -0.467 e. The van der Waals surface area contributed by atoms with Gasteiger partial charge in [0.2, 0.25) is 17.7 Å². The van der Waals surface area contributed by atoms with Gasteiger partial charge in [-0.1, -0.05) is 23.7 Å². The van der Waals surface area contributed by atoms with Crippen LogP contribution >= 0.6 is 11.6 Å². The molecule has 1 heterocycles. The lowest BCUT2D eigenvalue weighted by Gasteiger charge is -2.19. The topological polar surface area (TPSA) is 200 Å². The smallest absolute Gasteiger partial charge is 0.422 e. The third-order valence-electron chi connectivity index (χ3n) is 8.29. The number of anilines is 3. The van der Waals surface area contributed by atoms with E-state index in [1.165, 1.54) is 24.3 Å². The molecule has 3 aromatic rings. The number of esters is 1. The Bertz CT molecular complexity index is 1740. The van der Waals surface area contributed by atoms with Crippen LogP contribution in [0, 0.1) is 5.92 Å². The van der Waals surface area contributed by atoms with Crippen LogP contribution in [0.4, 0.5) is 30.8 Å². The number of nitrogens with two attached hydrogens (primary N) is 1. The largest absolute Gasteiger partial charge is 0.467 e. The maximum absolute atomic E-state index is 13.0. The Morgan fingerprint density at radius 1 is 1.00 bits per heavy atom. The molecule has 2 fully saturated rings. The van der Waals surface area contributed by atoms with Crippen molar-refractivity contribution >= 4 is 52.8 Å². The summed E-state index contributed by atoms with van der Waals surface area (Å²) in [5, 5.41) is 11.6. The van der Waals surface area contributed by atoms with Gasteiger partial charge in [-0.25, -0.2) is 4.79 Å². The van der Waals surface area contributed by atoms with Crippen molar-refractivity contribution in [3.8, 4) is 6.01 Å². The van der Waals surface area contributed by atoms with Gasteiger partial charge in [0.15, 0.2) is 6.61 Å². The highest BCUT2D eigenvalue weighted by atomic mass is 35.5. The summed E-state index contributed by atoms with van der Waals surface area (Å²) in [6.07, 6.45) is -1.45. The van der Waals surface area contributed by atoms with Crippen LogP contribution in [0.1, 0.15) is 54.4 Å². The molecule has 2 amide bonds. The summed E-state index contributed by atoms with van der Waals surface area (Å²) in [4.78, 5) is 62.0. The first-order valence-electron chi connectivity index (χ1n) is 16.1. The maximum Gasteiger partial charge on any atom is 0.422 e. The second-order valence-electron chi connectivity index (χ2n) is 12.3. The number of aromatic nitrogens is 3. The number of benzene rings is 2. The SMILES string of the molecule is COC(=O)[C@H](CCNC(=O)C(=O)C[C@@H](N)C1CC1)NC(=O)c1ccc(Nc2nc(NC3(c4ccc(Cl)cc4)CC3)nc(OCC(F)(F)F)n2)cc1. The number of carbonyl (C=O) groups is 4. The van der Waals surface area contributed by atoms with E-state index in [0.29, 0.717) is 23.6 Å². The zero-order chi connectivity index (χ0) is 36.8. The molecular weight excluding hydrogens is 697 g/mol. The highest BCUT2D eigenvalue weighted by molar-refractivity contribution is 6.36. The number of ether oxygens (including phenoxy) is 2. The number of rotatable bonds is 17. The Hall–Kier alpha value is -5.03. The summed E-state index contributed by atoms with van der Waals surface area (Å²) in [6, 6.07) is 10.9. The minimum absolute atomic E-state index is 0.0237. The molecule has 6 N–H and O–H groups in total. The van der Waals surface area contributed by atoms with Crippen molar-refractivity contribution in [1.29, 1.82) is 0 Å². The van der Waals surface area contributed by atoms with E-state index in [0.717, 1.165) is 25.5 Å². The van der Waals surface area contributed by atoms with Gasteiger partial charge in [0.25, 0.3) is 11.8 Å². The molecule has 0 aliphatic heterocycles. The van der Waals surface area contributed by atoms with Gasteiger partial charge in [0.1, 0.15) is 6.04 Å². The second-order valence-corrected chi connectivity index (χ2v) is 12.7. The molecule has 0 unspecified atom stereocenters. The van der Waals surface area contributed by atoms with Crippen molar-refractivity contribution in [2.45, 2.75) is 62.3 Å². The molecule has 2 aromatic carbocycles. The summed E-state index contributed by atoms with van der Waals surface area (Å²) in [6.45, 7) is -1.71. The number of carbonyl (C=O) groups excluding carboxylic acids is 4. The molecule has 2 aliphatic carbocycles. The van der Waals surface area contributed by atoms with Crippen molar-refractivity contribution in [1.82, 2.24) is 25.6 Å². The first kappa shape index (κ1) is 37.2. The lowest BCUT2D eigenvalue weighted by atomic mass is 10.1. The van der Waals surface area contributed by atoms with E-state index in [4.69, 9.17) is 26.8 Å². The summed E-state index contributed by atoms with van der Waals surface area (Å²) in [5.41, 5.74) is 6.78. The van der Waals surface area contributed by atoms with Crippen LogP contribution in [0.3, 0.4) is 0 Å². The number of nitrogens with zero attached hydrogens (tertiary/aromatic N) is 3. The van der Waals surface area contributed by atoms with Gasteiger partial charge >= 0.3 is 18.2 Å². The molecule has 2 saturated carbocycles. The number of nitrogens with one attached hydrogen (secondary N) is 4. The second kappa shape index (κ2) is 15.9. The van der Waals surface area contributed by atoms with Gasteiger partial charge in [-0.15, -0.1) is 0 Å². The fourth-order valence-electron chi connectivity index (χ4n) is 5.17. The Labute approximate surface area is 295 Å².